The van der Waals surface area contributed by atoms with Crippen LogP contribution in [0.3, 0.4) is 0 Å². The second-order valence-electron chi connectivity index (χ2n) is 11.6. The van der Waals surface area contributed by atoms with E-state index in [9.17, 15) is 0 Å². The summed E-state index contributed by atoms with van der Waals surface area (Å²) in [4.78, 5) is 14.9. The van der Waals surface area contributed by atoms with Crippen LogP contribution in [0.5, 0.6) is 0 Å². The number of nitrogens with zero attached hydrogens (tertiary/aromatic N) is 3. The molecule has 2 aromatic heterocycles. The van der Waals surface area contributed by atoms with Gasteiger partial charge in [0.05, 0.1) is 0 Å². The quantitative estimate of drug-likeness (QED) is 0.151. The smallest absolute Gasteiger partial charge is 0.164 e. The van der Waals surface area contributed by atoms with Crippen molar-refractivity contribution in [2.24, 2.45) is 0 Å². The van der Waals surface area contributed by atoms with Crippen LogP contribution in [0, 0.1) is 0 Å². The molecule has 0 spiro atoms. The summed E-state index contributed by atoms with van der Waals surface area (Å²) >= 11 is 1.90. The van der Waals surface area contributed by atoms with E-state index >= 15 is 0 Å². The van der Waals surface area contributed by atoms with Crippen molar-refractivity contribution in [2.45, 2.75) is 0 Å². The summed E-state index contributed by atoms with van der Waals surface area (Å²) in [6.07, 6.45) is 0. The van der Waals surface area contributed by atoms with E-state index in [1.165, 1.54) is 58.1 Å². The molecule has 0 bridgehead atoms. The van der Waals surface area contributed by atoms with Crippen LogP contribution >= 0.6 is 11.3 Å². The molecule has 45 heavy (non-hydrogen) atoms. The molecule has 3 nitrogen and oxygen atoms in total. The van der Waals surface area contributed by atoms with Crippen LogP contribution in [-0.4, -0.2) is 15.0 Å². The lowest BCUT2D eigenvalue weighted by Gasteiger charge is -2.16. The fourth-order valence-electron chi connectivity index (χ4n) is 7.01. The monoisotopic (exact) mass is 589 g/mol. The molecule has 2 heterocycles. The first kappa shape index (κ1) is 24.7. The van der Waals surface area contributed by atoms with Crippen molar-refractivity contribution in [2.75, 3.05) is 0 Å². The highest BCUT2D eigenvalue weighted by molar-refractivity contribution is 7.26. The lowest BCUT2D eigenvalue weighted by molar-refractivity contribution is 1.07. The molecule has 0 aliphatic carbocycles. The van der Waals surface area contributed by atoms with Gasteiger partial charge in [0, 0.05) is 42.4 Å². The second-order valence-corrected chi connectivity index (χ2v) is 12.6. The molecule has 10 rings (SSSR count). The molecule has 0 aliphatic rings. The van der Waals surface area contributed by atoms with Gasteiger partial charge in [0.2, 0.25) is 0 Å². The normalized spacial score (nSPS) is 12.0. The summed E-state index contributed by atoms with van der Waals surface area (Å²) in [6, 6.07) is 49.4. The van der Waals surface area contributed by atoms with Crippen molar-refractivity contribution in [3.63, 3.8) is 0 Å². The van der Waals surface area contributed by atoms with Crippen LogP contribution in [0.4, 0.5) is 0 Å². The predicted molar refractivity (Wildman–Crippen MR) is 189 cm³/mol. The number of benzene rings is 8. The van der Waals surface area contributed by atoms with Gasteiger partial charge in [0.25, 0.3) is 0 Å². The first-order chi connectivity index (χ1) is 22.3. The van der Waals surface area contributed by atoms with Crippen LogP contribution in [0.25, 0.3) is 97.8 Å². The molecule has 0 saturated carbocycles. The maximum Gasteiger partial charge on any atom is 0.164 e. The Labute approximate surface area is 262 Å². The van der Waals surface area contributed by atoms with Gasteiger partial charge in [-0.15, -0.1) is 11.3 Å². The van der Waals surface area contributed by atoms with E-state index in [1.54, 1.807) is 0 Å². The standard InChI is InChI=1S/C41H23N3S/c1-3-10-25(11-4-1)39-42-40(26-12-5-2-6-13-26)44-41(43-39)29-16-7-15-27(22-29)32-23-28-21-20-24-14-8-17-30-31-18-9-19-33-36(31)37(38(32)45-33)35(28)34(24)30/h1-23H. The summed E-state index contributed by atoms with van der Waals surface area (Å²) in [5.74, 6) is 2.00. The van der Waals surface area contributed by atoms with Crippen LogP contribution < -0.4 is 0 Å². The Morgan fingerprint density at radius 2 is 0.956 bits per heavy atom. The number of thiophene rings is 1. The minimum atomic E-state index is 0.664. The Balaban J connectivity index is 1.22. The Bertz CT molecular complexity index is 2640. The Morgan fingerprint density at radius 1 is 0.378 bits per heavy atom. The summed E-state index contributed by atoms with van der Waals surface area (Å²) in [5.41, 5.74) is 5.29. The highest BCUT2D eigenvalue weighted by Crippen LogP contribution is 2.51. The molecule has 0 atom stereocenters. The van der Waals surface area contributed by atoms with Crippen molar-refractivity contribution in [3.05, 3.63) is 140 Å². The van der Waals surface area contributed by atoms with Gasteiger partial charge in [-0.05, 0) is 56.1 Å². The van der Waals surface area contributed by atoms with Crippen LogP contribution in [0.2, 0.25) is 0 Å². The highest BCUT2D eigenvalue weighted by atomic mass is 32.1. The van der Waals surface area contributed by atoms with Gasteiger partial charge in [-0.3, -0.25) is 0 Å². The number of fused-ring (bicyclic) bond motifs is 1. The molecular weight excluding hydrogens is 567 g/mol. The Hall–Kier alpha value is -5.71. The average molecular weight is 590 g/mol. The van der Waals surface area contributed by atoms with Crippen molar-refractivity contribution >= 4 is 63.8 Å². The topological polar surface area (TPSA) is 38.7 Å². The minimum Gasteiger partial charge on any atom is -0.208 e. The number of rotatable bonds is 4. The lowest BCUT2D eigenvalue weighted by atomic mass is 9.87. The molecule has 0 radical (unpaired) electrons. The summed E-state index contributed by atoms with van der Waals surface area (Å²) < 4.78 is 2.66. The van der Waals surface area contributed by atoms with Crippen LogP contribution in [0.1, 0.15) is 0 Å². The molecular formula is C41H23N3S. The molecule has 4 heteroatoms. The summed E-state index contributed by atoms with van der Waals surface area (Å²) in [7, 11) is 0. The average Bonchev–Trinajstić information content (AvgIpc) is 3.51. The fourth-order valence-corrected chi connectivity index (χ4v) is 8.28. The van der Waals surface area contributed by atoms with Gasteiger partial charge in [0.1, 0.15) is 0 Å². The molecule has 0 saturated heterocycles. The molecule has 0 amide bonds. The molecule has 8 aromatic carbocycles. The molecule has 208 valence electrons. The zero-order valence-corrected chi connectivity index (χ0v) is 24.8. The van der Waals surface area contributed by atoms with Crippen LogP contribution in [-0.2, 0) is 0 Å². The van der Waals surface area contributed by atoms with Crippen molar-refractivity contribution in [1.29, 1.82) is 0 Å². The predicted octanol–water partition coefficient (Wildman–Crippen LogP) is 11.2. The molecule has 0 unspecified atom stereocenters. The molecule has 10 aromatic rings. The van der Waals surface area contributed by atoms with Gasteiger partial charge in [0.15, 0.2) is 17.5 Å². The third-order valence-electron chi connectivity index (χ3n) is 9.01. The number of hydrogen-bond donors (Lipinski definition) is 0. The first-order valence-corrected chi connectivity index (χ1v) is 15.9. The Kier molecular flexibility index (Phi) is 5.16. The third-order valence-corrected chi connectivity index (χ3v) is 10.2. The van der Waals surface area contributed by atoms with E-state index in [-0.39, 0.29) is 0 Å². The van der Waals surface area contributed by atoms with E-state index < -0.39 is 0 Å². The van der Waals surface area contributed by atoms with E-state index in [2.05, 4.69) is 78.9 Å². The number of aromatic nitrogens is 3. The van der Waals surface area contributed by atoms with Crippen LogP contribution in [0.15, 0.2) is 140 Å². The molecule has 0 fully saturated rings. The van der Waals surface area contributed by atoms with Gasteiger partial charge in [-0.25, -0.2) is 15.0 Å². The van der Waals surface area contributed by atoms with E-state index in [0.29, 0.717) is 17.5 Å². The third kappa shape index (κ3) is 3.67. The van der Waals surface area contributed by atoms with E-state index in [0.717, 1.165) is 22.3 Å². The van der Waals surface area contributed by atoms with Crippen molar-refractivity contribution in [3.8, 4) is 45.3 Å². The first-order valence-electron chi connectivity index (χ1n) is 15.1. The van der Waals surface area contributed by atoms with Gasteiger partial charge < -0.3 is 0 Å². The SMILES string of the molecule is c1ccc(-c2nc(-c3ccccc3)nc(-c3cccc(-c4cc5ccc6cccc7c8cccc9sc4c(c98)c5c67)c3)n2)cc1. The van der Waals surface area contributed by atoms with E-state index in [4.69, 9.17) is 15.0 Å². The molecule has 0 aliphatic heterocycles. The summed E-state index contributed by atoms with van der Waals surface area (Å²) in [5, 5.41) is 10.7. The minimum absolute atomic E-state index is 0.664. The van der Waals surface area contributed by atoms with Crippen molar-refractivity contribution < 1.29 is 0 Å². The fraction of sp³-hybridized carbons (Fsp3) is 0. The summed E-state index contributed by atoms with van der Waals surface area (Å²) in [6.45, 7) is 0. The highest BCUT2D eigenvalue weighted by Gasteiger charge is 2.22. The van der Waals surface area contributed by atoms with Gasteiger partial charge >= 0.3 is 0 Å². The second kappa shape index (κ2) is 9.39. The maximum absolute atomic E-state index is 5.00. The zero-order chi connectivity index (χ0) is 29.5. The largest absolute Gasteiger partial charge is 0.208 e. The maximum atomic E-state index is 5.00. The zero-order valence-electron chi connectivity index (χ0n) is 24.0. The lowest BCUT2D eigenvalue weighted by Crippen LogP contribution is -2.00. The number of hydrogen-bond acceptors (Lipinski definition) is 4. The Morgan fingerprint density at radius 3 is 1.69 bits per heavy atom. The van der Waals surface area contributed by atoms with Crippen molar-refractivity contribution in [1.82, 2.24) is 15.0 Å². The van der Waals surface area contributed by atoms with Gasteiger partial charge in [-0.2, -0.15) is 0 Å². The van der Waals surface area contributed by atoms with Gasteiger partial charge in [-0.1, -0.05) is 121 Å². The molecule has 0 N–H and O–H groups in total. The van der Waals surface area contributed by atoms with E-state index in [1.807, 2.05) is 72.0 Å².